The van der Waals surface area contributed by atoms with Gasteiger partial charge in [0.15, 0.2) is 11.8 Å². The fourth-order valence-corrected chi connectivity index (χ4v) is 2.16. The lowest BCUT2D eigenvalue weighted by Crippen LogP contribution is -2.30. The van der Waals surface area contributed by atoms with Crippen LogP contribution < -0.4 is 5.73 Å². The third kappa shape index (κ3) is 3.17. The first-order valence-corrected chi connectivity index (χ1v) is 6.47. The van der Waals surface area contributed by atoms with E-state index < -0.39 is 18.0 Å². The number of carbonyl (C=O) groups is 2. The number of hydrogen-bond donors (Lipinski definition) is 1. The molecule has 0 bridgehead atoms. The van der Waals surface area contributed by atoms with Gasteiger partial charge >= 0.3 is 5.97 Å². The molecule has 0 unspecified atom stereocenters. The molecule has 0 fully saturated rings. The Labute approximate surface area is 114 Å². The molecule has 2 N–H and O–H groups in total. The summed E-state index contributed by atoms with van der Waals surface area (Å²) >= 11 is 1.34. The van der Waals surface area contributed by atoms with Crippen LogP contribution >= 0.6 is 11.3 Å². The van der Waals surface area contributed by atoms with Crippen LogP contribution in [0.2, 0.25) is 0 Å². The summed E-state index contributed by atoms with van der Waals surface area (Å²) in [6, 6.07) is 9.49. The minimum Gasteiger partial charge on any atom is -0.448 e. The summed E-state index contributed by atoms with van der Waals surface area (Å²) in [5.74, 6) is -1.34. The molecular weight excluding hydrogens is 264 g/mol. The second kappa shape index (κ2) is 5.62. The highest BCUT2D eigenvalue weighted by molar-refractivity contribution is 7.13. The Morgan fingerprint density at radius 1 is 1.32 bits per heavy atom. The molecule has 0 aliphatic heterocycles. The molecule has 1 atom stereocenters. The van der Waals surface area contributed by atoms with Gasteiger partial charge in [-0.25, -0.2) is 9.78 Å². The van der Waals surface area contributed by atoms with Crippen LogP contribution in [-0.4, -0.2) is 23.0 Å². The van der Waals surface area contributed by atoms with Crippen molar-refractivity contribution in [3.8, 4) is 10.6 Å². The number of amides is 1. The molecule has 0 spiro atoms. The second-order valence-electron chi connectivity index (χ2n) is 3.85. The molecule has 0 aliphatic carbocycles. The van der Waals surface area contributed by atoms with E-state index in [2.05, 4.69) is 4.98 Å². The van der Waals surface area contributed by atoms with E-state index in [-0.39, 0.29) is 5.69 Å². The monoisotopic (exact) mass is 276 g/mol. The summed E-state index contributed by atoms with van der Waals surface area (Å²) in [4.78, 5) is 26.7. The number of esters is 1. The maximum absolute atomic E-state index is 11.7. The molecule has 0 aliphatic rings. The average Bonchev–Trinajstić information content (AvgIpc) is 2.89. The predicted octanol–water partition coefficient (Wildman–Crippen LogP) is 1.84. The lowest BCUT2D eigenvalue weighted by atomic mass is 10.2. The van der Waals surface area contributed by atoms with Gasteiger partial charge in [0.25, 0.3) is 5.91 Å². The summed E-state index contributed by atoms with van der Waals surface area (Å²) < 4.78 is 4.88. The zero-order valence-electron chi connectivity index (χ0n) is 10.2. The molecule has 0 radical (unpaired) electrons. The van der Waals surface area contributed by atoms with Crippen LogP contribution in [0.3, 0.4) is 0 Å². The van der Waals surface area contributed by atoms with E-state index in [1.807, 2.05) is 30.3 Å². The molecule has 2 aromatic rings. The van der Waals surface area contributed by atoms with Gasteiger partial charge < -0.3 is 10.5 Å². The van der Waals surface area contributed by atoms with Crippen LogP contribution in [0.15, 0.2) is 35.7 Å². The highest BCUT2D eigenvalue weighted by Gasteiger charge is 2.18. The van der Waals surface area contributed by atoms with Crippen LogP contribution in [-0.2, 0) is 9.53 Å². The van der Waals surface area contributed by atoms with Gasteiger partial charge in [-0.05, 0) is 6.92 Å². The molecule has 0 saturated heterocycles. The molecule has 1 heterocycles. The lowest BCUT2D eigenvalue weighted by Gasteiger charge is -2.07. The summed E-state index contributed by atoms with van der Waals surface area (Å²) in [7, 11) is 0. The van der Waals surface area contributed by atoms with E-state index >= 15 is 0 Å². The Morgan fingerprint density at radius 2 is 2.00 bits per heavy atom. The van der Waals surface area contributed by atoms with Crippen molar-refractivity contribution in [1.82, 2.24) is 4.98 Å². The smallest absolute Gasteiger partial charge is 0.358 e. The molecule has 2 rings (SSSR count). The lowest BCUT2D eigenvalue weighted by molar-refractivity contribution is -0.125. The van der Waals surface area contributed by atoms with Crippen molar-refractivity contribution in [2.24, 2.45) is 5.73 Å². The van der Waals surface area contributed by atoms with Crippen LogP contribution in [0.4, 0.5) is 0 Å². The normalized spacial score (nSPS) is 11.8. The number of ether oxygens (including phenoxy) is 1. The van der Waals surface area contributed by atoms with Crippen LogP contribution in [0.5, 0.6) is 0 Å². The Balaban J connectivity index is 2.13. The Morgan fingerprint density at radius 3 is 2.63 bits per heavy atom. The first kappa shape index (κ1) is 13.2. The molecule has 1 aromatic carbocycles. The second-order valence-corrected chi connectivity index (χ2v) is 4.71. The van der Waals surface area contributed by atoms with E-state index in [0.717, 1.165) is 10.6 Å². The van der Waals surface area contributed by atoms with Gasteiger partial charge in [0.05, 0.1) is 0 Å². The Hall–Kier alpha value is -2.21. The van der Waals surface area contributed by atoms with Crippen molar-refractivity contribution in [3.63, 3.8) is 0 Å². The predicted molar refractivity (Wildman–Crippen MR) is 71.6 cm³/mol. The Kier molecular flexibility index (Phi) is 3.91. The number of thiazole rings is 1. The van der Waals surface area contributed by atoms with Gasteiger partial charge in [0, 0.05) is 10.9 Å². The van der Waals surface area contributed by atoms with Gasteiger partial charge in [-0.2, -0.15) is 0 Å². The van der Waals surface area contributed by atoms with Gasteiger partial charge in [-0.15, -0.1) is 11.3 Å². The fraction of sp³-hybridized carbons (Fsp3) is 0.154. The molecule has 0 saturated carbocycles. The van der Waals surface area contributed by atoms with Crippen molar-refractivity contribution in [1.29, 1.82) is 0 Å². The molecule has 98 valence electrons. The quantitative estimate of drug-likeness (QED) is 0.864. The van der Waals surface area contributed by atoms with Crippen molar-refractivity contribution in [2.45, 2.75) is 13.0 Å². The molecule has 1 aromatic heterocycles. The first-order chi connectivity index (χ1) is 9.08. The number of rotatable bonds is 4. The molecule has 6 heteroatoms. The average molecular weight is 276 g/mol. The third-order valence-corrected chi connectivity index (χ3v) is 3.31. The minimum atomic E-state index is -0.964. The number of carbonyl (C=O) groups excluding carboxylic acids is 2. The van der Waals surface area contributed by atoms with Gasteiger partial charge in [-0.3, -0.25) is 4.79 Å². The van der Waals surface area contributed by atoms with Gasteiger partial charge in [-0.1, -0.05) is 30.3 Å². The van der Waals surface area contributed by atoms with E-state index in [1.165, 1.54) is 18.3 Å². The number of nitrogens with two attached hydrogens (primary N) is 1. The maximum Gasteiger partial charge on any atom is 0.358 e. The van der Waals surface area contributed by atoms with Gasteiger partial charge in [0.2, 0.25) is 0 Å². The van der Waals surface area contributed by atoms with Crippen LogP contribution in [0.1, 0.15) is 17.4 Å². The Bertz CT molecular complexity index is 595. The minimum absolute atomic E-state index is 0.178. The first-order valence-electron chi connectivity index (χ1n) is 5.59. The van der Waals surface area contributed by atoms with Crippen molar-refractivity contribution < 1.29 is 14.3 Å². The van der Waals surface area contributed by atoms with E-state index in [1.54, 1.807) is 5.38 Å². The number of benzene rings is 1. The largest absolute Gasteiger partial charge is 0.448 e. The highest BCUT2D eigenvalue weighted by atomic mass is 32.1. The SMILES string of the molecule is C[C@H](OC(=O)c1csc(-c2ccccc2)n1)C(N)=O. The van der Waals surface area contributed by atoms with E-state index in [9.17, 15) is 9.59 Å². The number of nitrogens with zero attached hydrogens (tertiary/aromatic N) is 1. The fourth-order valence-electron chi connectivity index (χ4n) is 1.36. The molecule has 5 nitrogen and oxygen atoms in total. The summed E-state index contributed by atoms with van der Waals surface area (Å²) in [6.07, 6.45) is -0.964. The zero-order chi connectivity index (χ0) is 13.8. The van der Waals surface area contributed by atoms with Crippen LogP contribution in [0, 0.1) is 0 Å². The highest BCUT2D eigenvalue weighted by Crippen LogP contribution is 2.23. The van der Waals surface area contributed by atoms with Crippen molar-refractivity contribution >= 4 is 23.2 Å². The van der Waals surface area contributed by atoms with Crippen molar-refractivity contribution in [3.05, 3.63) is 41.4 Å². The van der Waals surface area contributed by atoms with Crippen molar-refractivity contribution in [2.75, 3.05) is 0 Å². The van der Waals surface area contributed by atoms with Gasteiger partial charge in [0.1, 0.15) is 5.01 Å². The standard InChI is InChI=1S/C13H12N2O3S/c1-8(11(14)16)18-13(17)10-7-19-12(15-10)9-5-3-2-4-6-9/h2-8H,1H3,(H2,14,16)/t8-/m0/s1. The van der Waals surface area contributed by atoms with E-state index in [0.29, 0.717) is 0 Å². The number of hydrogen-bond acceptors (Lipinski definition) is 5. The number of primary amides is 1. The maximum atomic E-state index is 11.7. The number of aromatic nitrogens is 1. The topological polar surface area (TPSA) is 82.3 Å². The zero-order valence-corrected chi connectivity index (χ0v) is 11.0. The third-order valence-electron chi connectivity index (χ3n) is 2.42. The molecule has 19 heavy (non-hydrogen) atoms. The van der Waals surface area contributed by atoms with E-state index in [4.69, 9.17) is 10.5 Å². The van der Waals surface area contributed by atoms with Crippen LogP contribution in [0.25, 0.3) is 10.6 Å². The summed E-state index contributed by atoms with van der Waals surface area (Å²) in [5.41, 5.74) is 6.13. The molecular formula is C13H12N2O3S. The summed E-state index contributed by atoms with van der Waals surface area (Å²) in [6.45, 7) is 1.42. The summed E-state index contributed by atoms with van der Waals surface area (Å²) in [5, 5.41) is 2.32. The molecule has 1 amide bonds.